The molecule has 0 radical (unpaired) electrons. The number of aromatic carboxylic acids is 1. The molecule has 1 aromatic carbocycles. The van der Waals surface area contributed by atoms with E-state index < -0.39 is 17.8 Å². The number of hydrogen-bond acceptors (Lipinski definition) is 7. The minimum Gasteiger partial charge on any atom is -0.477 e. The minimum atomic E-state index is -1.27. The number of hydrogen-bond donors (Lipinski definition) is 2. The largest absolute Gasteiger partial charge is 0.477 e. The van der Waals surface area contributed by atoms with Gasteiger partial charge in [-0.25, -0.2) is 14.6 Å². The number of carbonyl (C=O) groups excluding carboxylic acids is 2. The van der Waals surface area contributed by atoms with Crippen LogP contribution in [-0.4, -0.2) is 49.1 Å². The second-order valence-corrected chi connectivity index (χ2v) is 7.06. The summed E-state index contributed by atoms with van der Waals surface area (Å²) in [5.74, 6) is -2.16. The third kappa shape index (κ3) is 3.63. The predicted molar refractivity (Wildman–Crippen MR) is 108 cm³/mol. The molecule has 3 aromatic rings. The number of aromatic nitrogens is 4. The summed E-state index contributed by atoms with van der Waals surface area (Å²) < 4.78 is 6.33. The van der Waals surface area contributed by atoms with Crippen molar-refractivity contribution in [1.29, 1.82) is 0 Å². The fraction of sp³-hybridized carbons (Fsp3) is 0.238. The van der Waals surface area contributed by atoms with Crippen molar-refractivity contribution in [2.45, 2.75) is 25.8 Å². The van der Waals surface area contributed by atoms with Gasteiger partial charge >= 0.3 is 11.9 Å². The van der Waals surface area contributed by atoms with Gasteiger partial charge in [-0.3, -0.25) is 4.79 Å². The molecule has 0 saturated heterocycles. The lowest BCUT2D eigenvalue weighted by Gasteiger charge is -2.16. The number of rotatable bonds is 6. The molecule has 1 aliphatic rings. The molecule has 0 fully saturated rings. The lowest BCUT2D eigenvalue weighted by molar-refractivity contribution is 0.0548. The van der Waals surface area contributed by atoms with Crippen molar-refractivity contribution >= 4 is 23.6 Å². The summed E-state index contributed by atoms with van der Waals surface area (Å²) in [6, 6.07) is 4.37. The van der Waals surface area contributed by atoms with Gasteiger partial charge in [0.2, 0.25) is 0 Å². The molecule has 0 saturated carbocycles. The molecule has 2 aromatic heterocycles. The number of esters is 1. The Labute approximate surface area is 176 Å². The Morgan fingerprint density at radius 1 is 1.39 bits per heavy atom. The van der Waals surface area contributed by atoms with Crippen molar-refractivity contribution in [3.8, 4) is 0 Å². The summed E-state index contributed by atoms with van der Waals surface area (Å²) in [4.78, 5) is 44.3. The summed E-state index contributed by atoms with van der Waals surface area (Å²) in [6.45, 7) is 5.53. The molecule has 0 spiro atoms. The number of ether oxygens (including phenoxy) is 1. The van der Waals surface area contributed by atoms with Crippen molar-refractivity contribution in [3.05, 3.63) is 70.8 Å². The number of carboxylic acids is 1. The molecule has 4 rings (SSSR count). The first-order valence-corrected chi connectivity index (χ1v) is 9.56. The molecule has 2 N–H and O–H groups in total. The molecule has 2 heterocycles. The van der Waals surface area contributed by atoms with Gasteiger partial charge in [-0.2, -0.15) is 14.6 Å². The Bertz CT molecular complexity index is 1230. The molecular weight excluding hydrogens is 402 g/mol. The zero-order chi connectivity index (χ0) is 22.1. The average Bonchev–Trinajstić information content (AvgIpc) is 3.39. The van der Waals surface area contributed by atoms with Crippen molar-refractivity contribution < 1.29 is 24.2 Å². The fourth-order valence-electron chi connectivity index (χ4n) is 3.78. The van der Waals surface area contributed by atoms with Gasteiger partial charge in [0.15, 0.2) is 5.69 Å². The van der Waals surface area contributed by atoms with Crippen LogP contribution in [0.2, 0.25) is 0 Å². The molecule has 10 heteroatoms. The van der Waals surface area contributed by atoms with Gasteiger partial charge in [0.1, 0.15) is 18.6 Å². The van der Waals surface area contributed by atoms with E-state index in [0.717, 1.165) is 16.7 Å². The van der Waals surface area contributed by atoms with Crippen LogP contribution in [0.25, 0.3) is 5.78 Å². The summed E-state index contributed by atoms with van der Waals surface area (Å²) in [5.41, 5.74) is 2.93. The van der Waals surface area contributed by atoms with Crippen LogP contribution in [0, 0.1) is 6.92 Å². The maximum absolute atomic E-state index is 13.0. The molecular formula is C21H19N5O5. The van der Waals surface area contributed by atoms with Crippen LogP contribution in [0.1, 0.15) is 60.5 Å². The van der Waals surface area contributed by atoms with E-state index in [1.165, 1.54) is 23.0 Å². The van der Waals surface area contributed by atoms with Crippen LogP contribution in [-0.2, 0) is 11.2 Å². The number of benzene rings is 1. The zero-order valence-electron chi connectivity index (χ0n) is 16.7. The highest BCUT2D eigenvalue weighted by atomic mass is 16.5. The van der Waals surface area contributed by atoms with Crippen LogP contribution < -0.4 is 5.32 Å². The van der Waals surface area contributed by atoms with E-state index in [-0.39, 0.29) is 29.8 Å². The van der Waals surface area contributed by atoms with Gasteiger partial charge in [-0.05, 0) is 42.5 Å². The van der Waals surface area contributed by atoms with Crippen LogP contribution in [0.4, 0.5) is 0 Å². The molecule has 0 aliphatic heterocycles. The highest BCUT2D eigenvalue weighted by molar-refractivity contribution is 5.96. The zero-order valence-corrected chi connectivity index (χ0v) is 16.7. The lowest BCUT2D eigenvalue weighted by Crippen LogP contribution is -2.29. The quantitative estimate of drug-likeness (QED) is 0.455. The molecule has 1 aliphatic carbocycles. The number of fused-ring (bicyclic) bond motifs is 2. The second-order valence-electron chi connectivity index (χ2n) is 7.06. The minimum absolute atomic E-state index is 0.0229. The molecule has 1 amide bonds. The molecule has 158 valence electrons. The van der Waals surface area contributed by atoms with Crippen molar-refractivity contribution in [2.75, 3.05) is 6.61 Å². The van der Waals surface area contributed by atoms with Gasteiger partial charge in [0.05, 0.1) is 11.6 Å². The molecule has 0 unspecified atom stereocenters. The third-order valence-corrected chi connectivity index (χ3v) is 5.25. The SMILES string of the molecule is C=CCOC(=O)c1ccc2c(c1C)CC[C@@H]2NC(=O)c1cc(C(=O)O)nc2ncnn12. The first-order chi connectivity index (χ1) is 14.9. The second kappa shape index (κ2) is 7.98. The summed E-state index contributed by atoms with van der Waals surface area (Å²) in [7, 11) is 0. The number of nitrogens with one attached hydrogen (secondary N) is 1. The Hall–Kier alpha value is -4.08. The first kappa shape index (κ1) is 20.2. The molecule has 31 heavy (non-hydrogen) atoms. The van der Waals surface area contributed by atoms with Gasteiger partial charge in [-0.15, -0.1) is 0 Å². The van der Waals surface area contributed by atoms with Crippen molar-refractivity contribution in [3.63, 3.8) is 0 Å². The van der Waals surface area contributed by atoms with Gasteiger partial charge in [0.25, 0.3) is 11.7 Å². The number of nitrogens with zero attached hydrogens (tertiary/aromatic N) is 4. The van der Waals surface area contributed by atoms with Crippen molar-refractivity contribution in [2.24, 2.45) is 0 Å². The highest BCUT2D eigenvalue weighted by Gasteiger charge is 2.29. The Balaban J connectivity index is 1.61. The monoisotopic (exact) mass is 421 g/mol. The van der Waals surface area contributed by atoms with Gasteiger partial charge in [-0.1, -0.05) is 18.7 Å². The van der Waals surface area contributed by atoms with Crippen LogP contribution >= 0.6 is 0 Å². The molecule has 10 nitrogen and oxygen atoms in total. The van der Waals surface area contributed by atoms with Gasteiger partial charge in [0, 0.05) is 6.07 Å². The Morgan fingerprint density at radius 2 is 2.19 bits per heavy atom. The average molecular weight is 421 g/mol. The predicted octanol–water partition coefficient (Wildman–Crippen LogP) is 1.89. The highest BCUT2D eigenvalue weighted by Crippen LogP contribution is 2.35. The maximum Gasteiger partial charge on any atom is 0.354 e. The fourth-order valence-corrected chi connectivity index (χ4v) is 3.78. The van der Waals surface area contributed by atoms with E-state index in [1.807, 2.05) is 13.0 Å². The van der Waals surface area contributed by atoms with E-state index in [0.29, 0.717) is 18.4 Å². The maximum atomic E-state index is 13.0. The summed E-state index contributed by atoms with van der Waals surface area (Å²) in [6.07, 6.45) is 4.04. The van der Waals surface area contributed by atoms with Crippen LogP contribution in [0.5, 0.6) is 0 Å². The normalized spacial score (nSPS) is 14.8. The Morgan fingerprint density at radius 3 is 2.94 bits per heavy atom. The molecule has 1 atom stereocenters. The third-order valence-electron chi connectivity index (χ3n) is 5.25. The summed E-state index contributed by atoms with van der Waals surface area (Å²) in [5, 5.41) is 16.2. The standard InChI is InChI=1S/C21H19N5O5/c1-3-8-31-20(30)13-4-5-14-12(11(13)2)6-7-15(14)24-18(27)17-9-16(19(28)29)25-21-22-10-23-26(17)21/h3-5,9-10,15H,1,6-8H2,2H3,(H,24,27)(H,28,29)/t15-/m0/s1. The van der Waals surface area contributed by atoms with E-state index in [9.17, 15) is 19.5 Å². The van der Waals surface area contributed by atoms with Crippen molar-refractivity contribution in [1.82, 2.24) is 24.9 Å². The smallest absolute Gasteiger partial charge is 0.354 e. The summed E-state index contributed by atoms with van der Waals surface area (Å²) >= 11 is 0. The van der Waals surface area contributed by atoms with E-state index in [2.05, 4.69) is 27.0 Å². The molecule has 0 bridgehead atoms. The van der Waals surface area contributed by atoms with Gasteiger partial charge < -0.3 is 15.2 Å². The number of amides is 1. The van der Waals surface area contributed by atoms with Crippen LogP contribution in [0.3, 0.4) is 0 Å². The number of carboxylic acid groups (broad SMARTS) is 1. The van der Waals surface area contributed by atoms with Crippen LogP contribution in [0.15, 0.2) is 37.2 Å². The lowest BCUT2D eigenvalue weighted by atomic mass is 9.98. The Kier molecular flexibility index (Phi) is 5.20. The topological polar surface area (TPSA) is 136 Å². The number of carbonyl (C=O) groups is 3. The van der Waals surface area contributed by atoms with E-state index >= 15 is 0 Å². The van der Waals surface area contributed by atoms with E-state index in [4.69, 9.17) is 4.74 Å². The van der Waals surface area contributed by atoms with E-state index in [1.54, 1.807) is 6.07 Å². The first-order valence-electron chi connectivity index (χ1n) is 9.56.